The van der Waals surface area contributed by atoms with Gasteiger partial charge in [0.05, 0.1) is 11.9 Å². The first kappa shape index (κ1) is 13.7. The van der Waals surface area contributed by atoms with Crippen molar-refractivity contribution in [3.63, 3.8) is 0 Å². The zero-order valence-electron chi connectivity index (χ0n) is 12.7. The summed E-state index contributed by atoms with van der Waals surface area (Å²) in [4.78, 5) is 20.7. The van der Waals surface area contributed by atoms with Crippen LogP contribution in [0.1, 0.15) is 12.8 Å². The lowest BCUT2D eigenvalue weighted by Gasteiger charge is -2.11. The minimum absolute atomic E-state index is 0.0420. The standard InChI is InChI=1S/C16H16N6O/c1-17-15-12-8-18-14(21-16(23)10-3-4-10)7-11(12)13(9-19-15)22-6-2-5-20-22/h2,5-10H,3-4H2,1H3,(H,17,19)(H,18,21,23). The van der Waals surface area contributed by atoms with Crippen molar-refractivity contribution in [3.05, 3.63) is 36.9 Å². The monoisotopic (exact) mass is 308 g/mol. The number of nitrogens with one attached hydrogen (secondary N) is 2. The third-order valence-corrected chi connectivity index (χ3v) is 3.94. The Hall–Kier alpha value is -2.96. The maximum absolute atomic E-state index is 12.0. The fourth-order valence-corrected chi connectivity index (χ4v) is 2.56. The van der Waals surface area contributed by atoms with Crippen LogP contribution in [0.3, 0.4) is 0 Å². The summed E-state index contributed by atoms with van der Waals surface area (Å²) in [5.41, 5.74) is 0.841. The Morgan fingerprint density at radius 3 is 2.83 bits per heavy atom. The third kappa shape index (κ3) is 2.50. The van der Waals surface area contributed by atoms with E-state index in [1.54, 1.807) is 23.3 Å². The van der Waals surface area contributed by atoms with Gasteiger partial charge in [0.2, 0.25) is 5.91 Å². The van der Waals surface area contributed by atoms with E-state index in [2.05, 4.69) is 25.7 Å². The Bertz CT molecular complexity index is 870. The number of nitrogens with zero attached hydrogens (tertiary/aromatic N) is 4. The lowest BCUT2D eigenvalue weighted by atomic mass is 10.1. The van der Waals surface area contributed by atoms with Gasteiger partial charge < -0.3 is 10.6 Å². The van der Waals surface area contributed by atoms with Gasteiger partial charge in [-0.2, -0.15) is 5.10 Å². The molecule has 0 aromatic carbocycles. The molecule has 3 aromatic rings. The van der Waals surface area contributed by atoms with E-state index < -0.39 is 0 Å². The molecule has 0 atom stereocenters. The minimum atomic E-state index is 0.0420. The van der Waals surface area contributed by atoms with Crippen LogP contribution in [0.25, 0.3) is 16.5 Å². The fraction of sp³-hybridized carbons (Fsp3) is 0.250. The van der Waals surface area contributed by atoms with Crippen LogP contribution < -0.4 is 10.6 Å². The van der Waals surface area contributed by atoms with Crippen molar-refractivity contribution in [1.29, 1.82) is 0 Å². The van der Waals surface area contributed by atoms with Crippen LogP contribution in [0.4, 0.5) is 11.6 Å². The molecule has 0 saturated heterocycles. The van der Waals surface area contributed by atoms with Crippen LogP contribution in [-0.2, 0) is 4.79 Å². The third-order valence-electron chi connectivity index (χ3n) is 3.94. The number of hydrogen-bond donors (Lipinski definition) is 2. The summed E-state index contributed by atoms with van der Waals surface area (Å²) in [6, 6.07) is 3.73. The first-order valence-corrected chi connectivity index (χ1v) is 7.53. The molecule has 3 heterocycles. The van der Waals surface area contributed by atoms with Crippen molar-refractivity contribution in [2.24, 2.45) is 5.92 Å². The van der Waals surface area contributed by atoms with E-state index in [0.717, 1.165) is 35.1 Å². The van der Waals surface area contributed by atoms with Crippen LogP contribution in [0, 0.1) is 5.92 Å². The Kier molecular flexibility index (Phi) is 3.18. The Balaban J connectivity index is 1.83. The van der Waals surface area contributed by atoms with Crippen LogP contribution in [0.15, 0.2) is 36.9 Å². The largest absolute Gasteiger partial charge is 0.373 e. The predicted octanol–water partition coefficient (Wildman–Crippen LogP) is 2.21. The summed E-state index contributed by atoms with van der Waals surface area (Å²) < 4.78 is 1.75. The summed E-state index contributed by atoms with van der Waals surface area (Å²) in [5, 5.41) is 12.0. The van der Waals surface area contributed by atoms with E-state index in [4.69, 9.17) is 0 Å². The van der Waals surface area contributed by atoms with E-state index in [0.29, 0.717) is 5.82 Å². The smallest absolute Gasteiger partial charge is 0.228 e. The first-order valence-electron chi connectivity index (χ1n) is 7.53. The topological polar surface area (TPSA) is 84.7 Å². The lowest BCUT2D eigenvalue weighted by molar-refractivity contribution is -0.117. The first-order chi connectivity index (χ1) is 11.3. The van der Waals surface area contributed by atoms with Gasteiger partial charge in [0.25, 0.3) is 0 Å². The zero-order valence-corrected chi connectivity index (χ0v) is 12.7. The highest BCUT2D eigenvalue weighted by molar-refractivity contribution is 6.00. The number of carbonyl (C=O) groups excluding carboxylic acids is 1. The van der Waals surface area contributed by atoms with Gasteiger partial charge in [-0.15, -0.1) is 0 Å². The van der Waals surface area contributed by atoms with Crippen molar-refractivity contribution in [2.75, 3.05) is 17.7 Å². The maximum Gasteiger partial charge on any atom is 0.228 e. The van der Waals surface area contributed by atoms with Crippen LogP contribution >= 0.6 is 0 Å². The van der Waals surface area contributed by atoms with Crippen LogP contribution in [-0.4, -0.2) is 32.7 Å². The molecule has 2 N–H and O–H groups in total. The predicted molar refractivity (Wildman–Crippen MR) is 87.6 cm³/mol. The minimum Gasteiger partial charge on any atom is -0.373 e. The summed E-state index contributed by atoms with van der Waals surface area (Å²) in [6.07, 6.45) is 8.99. The van der Waals surface area contributed by atoms with Crippen molar-refractivity contribution in [1.82, 2.24) is 19.7 Å². The number of pyridine rings is 2. The van der Waals surface area contributed by atoms with Gasteiger partial charge >= 0.3 is 0 Å². The van der Waals surface area contributed by atoms with Gasteiger partial charge in [-0.3, -0.25) is 4.79 Å². The van der Waals surface area contributed by atoms with E-state index in [9.17, 15) is 4.79 Å². The molecule has 3 aromatic heterocycles. The van der Waals surface area contributed by atoms with Gasteiger partial charge in [0, 0.05) is 42.3 Å². The normalized spacial score (nSPS) is 14.0. The summed E-state index contributed by atoms with van der Waals surface area (Å²) in [7, 11) is 1.82. The molecule has 1 amide bonds. The molecule has 0 bridgehead atoms. The molecule has 1 aliphatic rings. The van der Waals surface area contributed by atoms with Gasteiger partial charge in [-0.05, 0) is 25.0 Å². The summed E-state index contributed by atoms with van der Waals surface area (Å²) in [5.74, 6) is 1.48. The summed E-state index contributed by atoms with van der Waals surface area (Å²) in [6.45, 7) is 0. The molecule has 0 aliphatic heterocycles. The van der Waals surface area contributed by atoms with Crippen molar-refractivity contribution in [2.45, 2.75) is 12.8 Å². The quantitative estimate of drug-likeness (QED) is 0.772. The van der Waals surface area contributed by atoms with Gasteiger partial charge in [0.15, 0.2) is 0 Å². The molecule has 0 unspecified atom stereocenters. The van der Waals surface area contributed by atoms with Gasteiger partial charge in [-0.25, -0.2) is 14.6 Å². The van der Waals surface area contributed by atoms with Gasteiger partial charge in [-0.1, -0.05) is 0 Å². The number of rotatable bonds is 4. The lowest BCUT2D eigenvalue weighted by Crippen LogP contribution is -2.14. The second-order valence-corrected chi connectivity index (χ2v) is 5.57. The highest BCUT2D eigenvalue weighted by Gasteiger charge is 2.29. The van der Waals surface area contributed by atoms with Crippen molar-refractivity contribution >= 4 is 28.3 Å². The maximum atomic E-state index is 12.0. The molecular weight excluding hydrogens is 292 g/mol. The number of fused-ring (bicyclic) bond motifs is 1. The zero-order chi connectivity index (χ0) is 15.8. The highest BCUT2D eigenvalue weighted by atomic mass is 16.2. The second-order valence-electron chi connectivity index (χ2n) is 5.57. The van der Waals surface area contributed by atoms with Crippen molar-refractivity contribution in [3.8, 4) is 5.69 Å². The molecule has 23 heavy (non-hydrogen) atoms. The fourth-order valence-electron chi connectivity index (χ4n) is 2.56. The van der Waals surface area contributed by atoms with E-state index in [-0.39, 0.29) is 11.8 Å². The van der Waals surface area contributed by atoms with Gasteiger partial charge in [0.1, 0.15) is 11.6 Å². The molecule has 7 heteroatoms. The molecule has 1 saturated carbocycles. The summed E-state index contributed by atoms with van der Waals surface area (Å²) >= 11 is 0. The molecule has 7 nitrogen and oxygen atoms in total. The highest BCUT2D eigenvalue weighted by Crippen LogP contribution is 2.31. The molecule has 1 fully saturated rings. The van der Waals surface area contributed by atoms with Crippen LogP contribution in [0.2, 0.25) is 0 Å². The SMILES string of the molecule is CNc1ncc(-n2cccn2)c2cc(NC(=O)C3CC3)ncc12. The molecule has 1 aliphatic carbocycles. The Labute approximate surface area is 132 Å². The molecule has 4 rings (SSSR count). The van der Waals surface area contributed by atoms with Crippen LogP contribution in [0.5, 0.6) is 0 Å². The van der Waals surface area contributed by atoms with E-state index in [1.165, 1.54) is 0 Å². The number of carbonyl (C=O) groups is 1. The Morgan fingerprint density at radius 2 is 2.13 bits per heavy atom. The molecule has 116 valence electrons. The van der Waals surface area contributed by atoms with E-state index in [1.807, 2.05) is 25.4 Å². The number of anilines is 2. The second kappa shape index (κ2) is 5.35. The number of amides is 1. The average molecular weight is 308 g/mol. The molecule has 0 spiro atoms. The molecule has 0 radical (unpaired) electrons. The Morgan fingerprint density at radius 1 is 1.26 bits per heavy atom. The number of hydrogen-bond acceptors (Lipinski definition) is 5. The average Bonchev–Trinajstić information content (AvgIpc) is 3.29. The molecular formula is C16H16N6O. The number of aromatic nitrogens is 4. The van der Waals surface area contributed by atoms with Crippen molar-refractivity contribution < 1.29 is 4.79 Å². The van der Waals surface area contributed by atoms with E-state index >= 15 is 0 Å².